The molecule has 0 N–H and O–H groups in total. The van der Waals surface area contributed by atoms with E-state index in [4.69, 9.17) is 4.74 Å². The molecule has 3 nitrogen and oxygen atoms in total. The fourth-order valence-corrected chi connectivity index (χ4v) is 7.55. The van der Waals surface area contributed by atoms with Crippen LogP contribution in [0.5, 0.6) is 0 Å². The van der Waals surface area contributed by atoms with Gasteiger partial charge in [-0.25, -0.2) is 0 Å². The summed E-state index contributed by atoms with van der Waals surface area (Å²) < 4.78 is 5.57. The number of carbonyl (C=O) groups is 2. The van der Waals surface area contributed by atoms with Crippen molar-refractivity contribution in [2.24, 2.45) is 35.0 Å². The maximum Gasteiger partial charge on any atom is 0.319 e. The Balaban J connectivity index is 1.35. The van der Waals surface area contributed by atoms with Gasteiger partial charge in [0.05, 0.1) is 6.61 Å². The van der Waals surface area contributed by atoms with Gasteiger partial charge in [0.15, 0.2) is 0 Å². The van der Waals surface area contributed by atoms with E-state index in [0.717, 1.165) is 37.0 Å². The fourth-order valence-electron chi connectivity index (χ4n) is 7.55. The number of carbonyl (C=O) groups excluding carboxylic acids is 2. The SMILES string of the molecule is CCCCCCCOC(=O)[C@@]1(C)CC[C@@H](C2CCC(C3CCC(CCCCC)CC3)CC2)CC1=O. The lowest BCUT2D eigenvalue weighted by molar-refractivity contribution is -0.162. The van der Waals surface area contributed by atoms with E-state index in [2.05, 4.69) is 13.8 Å². The number of rotatable bonds is 13. The van der Waals surface area contributed by atoms with Crippen LogP contribution in [0, 0.1) is 35.0 Å². The third-order valence-electron chi connectivity index (χ3n) is 10.3. The lowest BCUT2D eigenvalue weighted by Crippen LogP contribution is -2.44. The Hall–Kier alpha value is -0.860. The Morgan fingerprint density at radius 3 is 1.89 bits per heavy atom. The third-order valence-corrected chi connectivity index (χ3v) is 10.3. The van der Waals surface area contributed by atoms with E-state index in [-0.39, 0.29) is 11.8 Å². The molecule has 0 aromatic rings. The van der Waals surface area contributed by atoms with E-state index < -0.39 is 5.41 Å². The van der Waals surface area contributed by atoms with Crippen molar-refractivity contribution >= 4 is 11.8 Å². The lowest BCUT2D eigenvalue weighted by Gasteiger charge is -2.42. The number of unbranched alkanes of at least 4 members (excludes halogenated alkanes) is 6. The second-order valence-corrected chi connectivity index (χ2v) is 12.8. The predicted molar refractivity (Wildman–Crippen MR) is 145 cm³/mol. The highest BCUT2D eigenvalue weighted by Gasteiger charge is 2.47. The van der Waals surface area contributed by atoms with Crippen LogP contribution in [0.4, 0.5) is 0 Å². The van der Waals surface area contributed by atoms with Crippen LogP contribution in [0.25, 0.3) is 0 Å². The first-order valence-electron chi connectivity index (χ1n) is 15.7. The van der Waals surface area contributed by atoms with Crippen molar-refractivity contribution in [3.63, 3.8) is 0 Å². The van der Waals surface area contributed by atoms with Gasteiger partial charge >= 0.3 is 5.97 Å². The average molecular weight is 489 g/mol. The van der Waals surface area contributed by atoms with Crippen LogP contribution in [-0.4, -0.2) is 18.4 Å². The average Bonchev–Trinajstić information content (AvgIpc) is 2.88. The molecule has 35 heavy (non-hydrogen) atoms. The normalized spacial score (nSPS) is 34.0. The minimum Gasteiger partial charge on any atom is -0.465 e. The van der Waals surface area contributed by atoms with Crippen LogP contribution in [0.15, 0.2) is 0 Å². The molecule has 0 unspecified atom stereocenters. The molecule has 3 rings (SSSR count). The Morgan fingerprint density at radius 2 is 1.29 bits per heavy atom. The van der Waals surface area contributed by atoms with Gasteiger partial charge in [-0.1, -0.05) is 78.1 Å². The molecule has 202 valence electrons. The molecule has 0 bridgehead atoms. The van der Waals surface area contributed by atoms with Gasteiger partial charge in [-0.2, -0.15) is 0 Å². The molecule has 0 saturated heterocycles. The van der Waals surface area contributed by atoms with Crippen molar-refractivity contribution in [2.75, 3.05) is 6.61 Å². The summed E-state index contributed by atoms with van der Waals surface area (Å²) in [6.07, 6.45) is 24.9. The molecule has 3 saturated carbocycles. The monoisotopic (exact) mass is 488 g/mol. The summed E-state index contributed by atoms with van der Waals surface area (Å²) in [5, 5.41) is 0. The zero-order valence-corrected chi connectivity index (χ0v) is 23.5. The largest absolute Gasteiger partial charge is 0.465 e. The van der Waals surface area contributed by atoms with E-state index in [9.17, 15) is 9.59 Å². The van der Waals surface area contributed by atoms with Crippen LogP contribution < -0.4 is 0 Å². The summed E-state index contributed by atoms with van der Waals surface area (Å²) >= 11 is 0. The summed E-state index contributed by atoms with van der Waals surface area (Å²) in [5.41, 5.74) is -0.896. The first-order valence-corrected chi connectivity index (χ1v) is 15.7. The number of hydrogen-bond acceptors (Lipinski definition) is 3. The molecule has 3 aliphatic rings. The molecule has 0 radical (unpaired) electrons. The second kappa shape index (κ2) is 14.8. The molecule has 0 amide bonds. The molecule has 0 aromatic heterocycles. The Kier molecular flexibility index (Phi) is 12.1. The van der Waals surface area contributed by atoms with Crippen molar-refractivity contribution in [2.45, 2.75) is 149 Å². The van der Waals surface area contributed by atoms with E-state index in [1.165, 1.54) is 96.3 Å². The van der Waals surface area contributed by atoms with Gasteiger partial charge in [0.2, 0.25) is 0 Å². The van der Waals surface area contributed by atoms with Crippen LogP contribution in [0.2, 0.25) is 0 Å². The van der Waals surface area contributed by atoms with Crippen LogP contribution >= 0.6 is 0 Å². The maximum absolute atomic E-state index is 13.1. The molecule has 0 aliphatic heterocycles. The molecular weight excluding hydrogens is 432 g/mol. The minimum absolute atomic E-state index is 0.147. The summed E-state index contributed by atoms with van der Waals surface area (Å²) in [6, 6.07) is 0. The number of hydrogen-bond donors (Lipinski definition) is 0. The third kappa shape index (κ3) is 8.32. The molecule has 0 heterocycles. The van der Waals surface area contributed by atoms with E-state index in [0.29, 0.717) is 31.3 Å². The smallest absolute Gasteiger partial charge is 0.319 e. The second-order valence-electron chi connectivity index (χ2n) is 12.8. The Bertz CT molecular complexity index is 627. The van der Waals surface area contributed by atoms with Gasteiger partial charge in [0.25, 0.3) is 0 Å². The summed E-state index contributed by atoms with van der Waals surface area (Å²) in [7, 11) is 0. The van der Waals surface area contributed by atoms with Gasteiger partial charge < -0.3 is 4.74 Å². The minimum atomic E-state index is -0.896. The maximum atomic E-state index is 13.1. The summed E-state index contributed by atoms with van der Waals surface area (Å²) in [5.74, 6) is 3.97. The molecule has 3 fully saturated rings. The van der Waals surface area contributed by atoms with Crippen molar-refractivity contribution in [1.82, 2.24) is 0 Å². The number of esters is 1. The number of ether oxygens (including phenoxy) is 1. The summed E-state index contributed by atoms with van der Waals surface area (Å²) in [4.78, 5) is 25.9. The highest BCUT2D eigenvalue weighted by molar-refractivity contribution is 6.04. The van der Waals surface area contributed by atoms with Gasteiger partial charge in [-0.15, -0.1) is 0 Å². The van der Waals surface area contributed by atoms with Gasteiger partial charge in [-0.05, 0) is 94.3 Å². The van der Waals surface area contributed by atoms with Gasteiger partial charge in [0, 0.05) is 6.42 Å². The summed E-state index contributed by atoms with van der Waals surface area (Å²) in [6.45, 7) is 6.83. The van der Waals surface area contributed by atoms with Crippen molar-refractivity contribution in [3.8, 4) is 0 Å². The van der Waals surface area contributed by atoms with E-state index >= 15 is 0 Å². The molecule has 2 atom stereocenters. The first-order chi connectivity index (χ1) is 17.0. The van der Waals surface area contributed by atoms with Crippen molar-refractivity contribution in [3.05, 3.63) is 0 Å². The predicted octanol–water partition coefficient (Wildman–Crippen LogP) is 9.07. The van der Waals surface area contributed by atoms with Gasteiger partial charge in [-0.3, -0.25) is 9.59 Å². The first kappa shape index (κ1) is 28.7. The number of Topliss-reactive ketones (excluding diaryl/α,β-unsaturated/α-hetero) is 1. The zero-order chi connectivity index (χ0) is 25.1. The van der Waals surface area contributed by atoms with Crippen molar-refractivity contribution < 1.29 is 14.3 Å². The van der Waals surface area contributed by atoms with Crippen LogP contribution in [0.1, 0.15) is 149 Å². The number of ketones is 1. The molecule has 3 aliphatic carbocycles. The quantitative estimate of drug-likeness (QED) is 0.147. The molecule has 3 heteroatoms. The zero-order valence-electron chi connectivity index (χ0n) is 23.5. The highest BCUT2D eigenvalue weighted by atomic mass is 16.5. The topological polar surface area (TPSA) is 43.4 Å². The van der Waals surface area contributed by atoms with Crippen LogP contribution in [0.3, 0.4) is 0 Å². The van der Waals surface area contributed by atoms with E-state index in [1.54, 1.807) is 0 Å². The van der Waals surface area contributed by atoms with E-state index in [1.807, 2.05) is 6.92 Å². The van der Waals surface area contributed by atoms with Crippen LogP contribution in [-0.2, 0) is 14.3 Å². The van der Waals surface area contributed by atoms with Crippen molar-refractivity contribution in [1.29, 1.82) is 0 Å². The lowest BCUT2D eigenvalue weighted by atomic mass is 9.62. The van der Waals surface area contributed by atoms with Gasteiger partial charge in [0.1, 0.15) is 11.2 Å². The Labute approximate surface area is 216 Å². The highest BCUT2D eigenvalue weighted by Crippen LogP contribution is 2.47. The molecule has 0 spiro atoms. The molecular formula is C32H56O3. The Morgan fingerprint density at radius 1 is 0.743 bits per heavy atom. The fraction of sp³-hybridized carbons (Fsp3) is 0.938. The molecule has 0 aromatic carbocycles. The standard InChI is InChI=1S/C32H56O3/c1-4-6-8-9-11-23-35-31(34)32(3)22-21-29(24-30(32)33)28-19-17-27(18-20-28)26-15-13-25(14-16-26)12-10-7-5-2/h25-29H,4-24H2,1-3H3/t25?,26?,27?,28?,29-,32+/m1/s1.